The highest BCUT2D eigenvalue weighted by Crippen LogP contribution is 2.27. The van der Waals surface area contributed by atoms with E-state index in [1.807, 2.05) is 0 Å². The zero-order valence-electron chi connectivity index (χ0n) is 9.42. The minimum absolute atomic E-state index is 0.131. The Kier molecular flexibility index (Phi) is 3.46. The first-order valence-electron chi connectivity index (χ1n) is 5.16. The topological polar surface area (TPSA) is 90.7 Å². The Morgan fingerprint density at radius 3 is 3.06 bits per heavy atom. The van der Waals surface area contributed by atoms with Gasteiger partial charge in [0, 0.05) is 7.11 Å². The Bertz CT molecular complexity index is 497. The summed E-state index contributed by atoms with van der Waals surface area (Å²) in [6.45, 7) is 0.673. The number of hydrogen-bond donors (Lipinski definition) is 2. The number of aromatic nitrogens is 1. The van der Waals surface area contributed by atoms with Gasteiger partial charge in [0.25, 0.3) is 5.88 Å². The molecular weight excluding hydrogens is 224 g/mol. The number of ether oxygens (including phenoxy) is 2. The van der Waals surface area contributed by atoms with Crippen LogP contribution in [0.25, 0.3) is 11.0 Å². The summed E-state index contributed by atoms with van der Waals surface area (Å²) >= 11 is 0. The van der Waals surface area contributed by atoms with Gasteiger partial charge in [0.15, 0.2) is 5.58 Å². The molecule has 0 spiro atoms. The summed E-state index contributed by atoms with van der Waals surface area (Å²) in [4.78, 5) is 0. The van der Waals surface area contributed by atoms with Crippen LogP contribution in [0.15, 0.2) is 22.7 Å². The van der Waals surface area contributed by atoms with Crippen molar-refractivity contribution in [2.75, 3.05) is 20.3 Å². The minimum Gasteiger partial charge on any atom is -0.508 e. The van der Waals surface area contributed by atoms with E-state index in [1.165, 1.54) is 12.1 Å². The van der Waals surface area contributed by atoms with Gasteiger partial charge in [0.05, 0.1) is 18.0 Å². The number of methoxy groups -OCH3 is 1. The zero-order chi connectivity index (χ0) is 12.3. The number of aromatic hydroxyl groups is 1. The molecule has 0 saturated heterocycles. The Morgan fingerprint density at radius 1 is 1.47 bits per heavy atom. The van der Waals surface area contributed by atoms with Gasteiger partial charge in [0.1, 0.15) is 12.4 Å². The monoisotopic (exact) mass is 238 g/mol. The fourth-order valence-electron chi connectivity index (χ4n) is 1.46. The van der Waals surface area contributed by atoms with Crippen molar-refractivity contribution in [3.8, 4) is 11.6 Å². The van der Waals surface area contributed by atoms with Crippen LogP contribution in [-0.4, -0.2) is 36.6 Å². The molecule has 6 nitrogen and oxygen atoms in total. The third-order valence-electron chi connectivity index (χ3n) is 2.24. The number of benzene rings is 1. The molecule has 92 valence electrons. The van der Waals surface area contributed by atoms with Gasteiger partial charge in [-0.15, -0.1) is 0 Å². The van der Waals surface area contributed by atoms with Crippen molar-refractivity contribution < 1.29 is 19.1 Å². The van der Waals surface area contributed by atoms with E-state index in [2.05, 4.69) is 5.16 Å². The smallest absolute Gasteiger partial charge is 0.262 e. The summed E-state index contributed by atoms with van der Waals surface area (Å²) in [6, 6.07) is 4.44. The molecule has 3 N–H and O–H groups in total. The highest BCUT2D eigenvalue weighted by molar-refractivity contribution is 5.83. The average Bonchev–Trinajstić information content (AvgIpc) is 2.69. The molecule has 6 heteroatoms. The number of hydrogen-bond acceptors (Lipinski definition) is 6. The van der Waals surface area contributed by atoms with Crippen molar-refractivity contribution in [2.45, 2.75) is 6.04 Å². The second kappa shape index (κ2) is 5.03. The molecular formula is C11H14N2O4. The first-order valence-corrected chi connectivity index (χ1v) is 5.16. The molecule has 0 fully saturated rings. The van der Waals surface area contributed by atoms with Gasteiger partial charge in [-0.3, -0.25) is 0 Å². The summed E-state index contributed by atoms with van der Waals surface area (Å²) in [5, 5.41) is 13.7. The van der Waals surface area contributed by atoms with E-state index in [-0.39, 0.29) is 18.4 Å². The van der Waals surface area contributed by atoms with Crippen LogP contribution in [0.3, 0.4) is 0 Å². The maximum absolute atomic E-state index is 9.37. The van der Waals surface area contributed by atoms with Gasteiger partial charge < -0.3 is 24.8 Å². The predicted molar refractivity (Wildman–Crippen MR) is 61.0 cm³/mol. The molecule has 2 rings (SSSR count). The van der Waals surface area contributed by atoms with Gasteiger partial charge in [-0.05, 0) is 23.4 Å². The SMILES string of the molecule is COCC(N)COc1noc2ccc(O)cc12. The third-order valence-corrected chi connectivity index (χ3v) is 2.24. The molecule has 0 bridgehead atoms. The molecule has 0 amide bonds. The Hall–Kier alpha value is -1.79. The van der Waals surface area contributed by atoms with E-state index in [0.29, 0.717) is 23.5 Å². The molecule has 0 radical (unpaired) electrons. The van der Waals surface area contributed by atoms with E-state index in [9.17, 15) is 5.11 Å². The van der Waals surface area contributed by atoms with Gasteiger partial charge in [-0.25, -0.2) is 0 Å². The van der Waals surface area contributed by atoms with Crippen LogP contribution in [0.2, 0.25) is 0 Å². The average molecular weight is 238 g/mol. The van der Waals surface area contributed by atoms with Crippen molar-refractivity contribution >= 4 is 11.0 Å². The highest BCUT2D eigenvalue weighted by atomic mass is 16.5. The van der Waals surface area contributed by atoms with Crippen LogP contribution in [0.5, 0.6) is 11.6 Å². The first kappa shape index (κ1) is 11.7. The number of rotatable bonds is 5. The fraction of sp³-hybridized carbons (Fsp3) is 0.364. The number of nitrogens with zero attached hydrogens (tertiary/aromatic N) is 1. The van der Waals surface area contributed by atoms with Crippen LogP contribution < -0.4 is 10.5 Å². The van der Waals surface area contributed by atoms with Crippen LogP contribution in [-0.2, 0) is 4.74 Å². The standard InChI is InChI=1S/C11H14N2O4/c1-15-5-7(12)6-16-11-9-4-8(14)2-3-10(9)17-13-11/h2-4,7,14H,5-6,12H2,1H3. The second-order valence-corrected chi connectivity index (χ2v) is 3.69. The molecule has 1 heterocycles. The summed E-state index contributed by atoms with van der Waals surface area (Å²) in [7, 11) is 1.57. The summed E-state index contributed by atoms with van der Waals surface area (Å²) in [6.07, 6.45) is 0. The second-order valence-electron chi connectivity index (χ2n) is 3.69. The predicted octanol–water partition coefficient (Wildman–Crippen LogP) is 0.886. The molecule has 0 aliphatic rings. The molecule has 0 aliphatic carbocycles. The lowest BCUT2D eigenvalue weighted by Gasteiger charge is -2.09. The van der Waals surface area contributed by atoms with Crippen molar-refractivity contribution in [2.24, 2.45) is 5.73 Å². The van der Waals surface area contributed by atoms with E-state index < -0.39 is 0 Å². The lowest BCUT2D eigenvalue weighted by Crippen LogP contribution is -2.32. The first-order chi connectivity index (χ1) is 8.20. The number of fused-ring (bicyclic) bond motifs is 1. The fourth-order valence-corrected chi connectivity index (χ4v) is 1.46. The maximum Gasteiger partial charge on any atom is 0.262 e. The molecule has 2 aromatic rings. The molecule has 1 aromatic heterocycles. The van der Waals surface area contributed by atoms with Gasteiger partial charge in [-0.1, -0.05) is 0 Å². The maximum atomic E-state index is 9.37. The Morgan fingerprint density at radius 2 is 2.29 bits per heavy atom. The van der Waals surface area contributed by atoms with Gasteiger partial charge >= 0.3 is 0 Å². The van der Waals surface area contributed by atoms with E-state index in [1.54, 1.807) is 13.2 Å². The van der Waals surface area contributed by atoms with Crippen molar-refractivity contribution in [3.05, 3.63) is 18.2 Å². The number of nitrogens with two attached hydrogens (primary N) is 1. The third kappa shape index (κ3) is 2.66. The molecule has 17 heavy (non-hydrogen) atoms. The van der Waals surface area contributed by atoms with E-state index >= 15 is 0 Å². The zero-order valence-corrected chi connectivity index (χ0v) is 9.42. The van der Waals surface area contributed by atoms with Gasteiger partial charge in [-0.2, -0.15) is 0 Å². The lowest BCUT2D eigenvalue weighted by atomic mass is 10.2. The summed E-state index contributed by atoms with van der Waals surface area (Å²) in [5.41, 5.74) is 6.27. The quantitative estimate of drug-likeness (QED) is 0.803. The normalized spacial score (nSPS) is 12.8. The number of phenolic OH excluding ortho intramolecular Hbond substituents is 1. The summed E-state index contributed by atoms with van der Waals surface area (Å²) < 4.78 is 15.3. The summed E-state index contributed by atoms with van der Waals surface area (Å²) in [5.74, 6) is 0.453. The molecule has 0 aliphatic heterocycles. The van der Waals surface area contributed by atoms with Crippen molar-refractivity contribution in [3.63, 3.8) is 0 Å². The van der Waals surface area contributed by atoms with Crippen molar-refractivity contribution in [1.82, 2.24) is 5.16 Å². The minimum atomic E-state index is -0.232. The van der Waals surface area contributed by atoms with Gasteiger partial charge in [0.2, 0.25) is 0 Å². The van der Waals surface area contributed by atoms with Crippen LogP contribution >= 0.6 is 0 Å². The van der Waals surface area contributed by atoms with Crippen molar-refractivity contribution in [1.29, 1.82) is 0 Å². The Balaban J connectivity index is 2.10. The van der Waals surface area contributed by atoms with Crippen LogP contribution in [0.4, 0.5) is 0 Å². The largest absolute Gasteiger partial charge is 0.508 e. The lowest BCUT2D eigenvalue weighted by molar-refractivity contribution is 0.149. The molecule has 1 aromatic carbocycles. The highest BCUT2D eigenvalue weighted by Gasteiger charge is 2.11. The molecule has 0 saturated carbocycles. The molecule has 1 unspecified atom stereocenters. The van der Waals surface area contributed by atoms with Crippen LogP contribution in [0, 0.1) is 0 Å². The van der Waals surface area contributed by atoms with E-state index in [4.69, 9.17) is 19.7 Å². The number of phenols is 1. The molecule has 1 atom stereocenters. The Labute approximate surface area is 97.9 Å². The van der Waals surface area contributed by atoms with Crippen LogP contribution in [0.1, 0.15) is 0 Å². The van der Waals surface area contributed by atoms with E-state index in [0.717, 1.165) is 0 Å².